The van der Waals surface area contributed by atoms with Crippen LogP contribution in [-0.2, 0) is 4.74 Å². The topological polar surface area (TPSA) is 73.1 Å². The molecule has 0 aliphatic rings. The second-order valence-corrected chi connectivity index (χ2v) is 4.96. The summed E-state index contributed by atoms with van der Waals surface area (Å²) in [4.78, 5) is 9.55. The number of thioether (sulfide) groups is 1. The summed E-state index contributed by atoms with van der Waals surface area (Å²) in [5.41, 5.74) is 2.48. The Labute approximate surface area is 101 Å². The summed E-state index contributed by atoms with van der Waals surface area (Å²) in [6, 6.07) is 2.02. The standard InChI is InChI=1S/C9H12N4OS2/c1-14-3-5-16-8-6-2-4-15-7(6)11-9(12-8)13-10/h2,4H,3,5,10H2,1H3,(H,11,12,13). The van der Waals surface area contributed by atoms with Crippen LogP contribution in [0.4, 0.5) is 5.95 Å². The third-order valence-corrected chi connectivity index (χ3v) is 3.71. The summed E-state index contributed by atoms with van der Waals surface area (Å²) >= 11 is 3.22. The van der Waals surface area contributed by atoms with Gasteiger partial charge in [0.25, 0.3) is 0 Å². The van der Waals surface area contributed by atoms with Crippen molar-refractivity contribution in [2.24, 2.45) is 5.84 Å². The first kappa shape index (κ1) is 11.6. The van der Waals surface area contributed by atoms with E-state index in [1.807, 2.05) is 11.4 Å². The van der Waals surface area contributed by atoms with Crippen LogP contribution in [0.15, 0.2) is 16.5 Å². The van der Waals surface area contributed by atoms with Crippen molar-refractivity contribution in [2.45, 2.75) is 5.03 Å². The number of nitrogens with two attached hydrogens (primary N) is 1. The SMILES string of the molecule is COCCSc1nc(NN)nc2sccc12. The van der Waals surface area contributed by atoms with Crippen LogP contribution in [0.3, 0.4) is 0 Å². The molecule has 0 fully saturated rings. The minimum absolute atomic E-state index is 0.454. The lowest BCUT2D eigenvalue weighted by molar-refractivity contribution is 0.218. The van der Waals surface area contributed by atoms with Crippen molar-refractivity contribution in [3.8, 4) is 0 Å². The first-order valence-corrected chi connectivity index (χ1v) is 6.55. The predicted octanol–water partition coefficient (Wildman–Crippen LogP) is 1.72. The van der Waals surface area contributed by atoms with Gasteiger partial charge in [-0.1, -0.05) is 0 Å². The van der Waals surface area contributed by atoms with Gasteiger partial charge < -0.3 is 4.74 Å². The minimum Gasteiger partial charge on any atom is -0.384 e. The number of methoxy groups -OCH3 is 1. The summed E-state index contributed by atoms with van der Waals surface area (Å²) in [5.74, 6) is 6.65. The van der Waals surface area contributed by atoms with Gasteiger partial charge in [0, 0.05) is 18.2 Å². The summed E-state index contributed by atoms with van der Waals surface area (Å²) in [7, 11) is 1.69. The Morgan fingerprint density at radius 1 is 1.56 bits per heavy atom. The third-order valence-electron chi connectivity index (χ3n) is 1.95. The molecule has 3 N–H and O–H groups in total. The van der Waals surface area contributed by atoms with Gasteiger partial charge >= 0.3 is 0 Å². The van der Waals surface area contributed by atoms with Crippen LogP contribution in [0.2, 0.25) is 0 Å². The van der Waals surface area contributed by atoms with E-state index >= 15 is 0 Å². The Morgan fingerprint density at radius 2 is 2.44 bits per heavy atom. The number of hydrogen-bond acceptors (Lipinski definition) is 7. The van der Waals surface area contributed by atoms with Crippen LogP contribution in [-0.4, -0.2) is 29.4 Å². The molecule has 86 valence electrons. The number of anilines is 1. The summed E-state index contributed by atoms with van der Waals surface area (Å²) in [6.45, 7) is 0.700. The van der Waals surface area contributed by atoms with E-state index in [-0.39, 0.29) is 0 Å². The van der Waals surface area contributed by atoms with Crippen LogP contribution in [0, 0.1) is 0 Å². The van der Waals surface area contributed by atoms with Crippen LogP contribution in [0.1, 0.15) is 0 Å². The zero-order valence-electron chi connectivity index (χ0n) is 8.77. The van der Waals surface area contributed by atoms with E-state index < -0.39 is 0 Å². The Bertz CT molecular complexity index is 473. The number of thiophene rings is 1. The number of nitrogens with one attached hydrogen (secondary N) is 1. The molecular weight excluding hydrogens is 244 g/mol. The van der Waals surface area contributed by atoms with E-state index in [1.54, 1.807) is 30.2 Å². The lowest BCUT2D eigenvalue weighted by Gasteiger charge is -2.04. The van der Waals surface area contributed by atoms with Gasteiger partial charge in [-0.3, -0.25) is 5.43 Å². The molecule has 2 aromatic heterocycles. The fourth-order valence-electron chi connectivity index (χ4n) is 1.22. The minimum atomic E-state index is 0.454. The fourth-order valence-corrected chi connectivity index (χ4v) is 2.97. The molecular formula is C9H12N4OS2. The van der Waals surface area contributed by atoms with E-state index in [0.29, 0.717) is 12.6 Å². The molecule has 0 saturated carbocycles. The maximum atomic E-state index is 5.33. The number of fused-ring (bicyclic) bond motifs is 1. The largest absolute Gasteiger partial charge is 0.384 e. The number of nitrogen functional groups attached to an aromatic ring is 1. The van der Waals surface area contributed by atoms with Crippen LogP contribution < -0.4 is 11.3 Å². The van der Waals surface area contributed by atoms with Crippen molar-refractivity contribution >= 4 is 39.3 Å². The highest BCUT2D eigenvalue weighted by Crippen LogP contribution is 2.29. The second-order valence-electron chi connectivity index (χ2n) is 2.98. The molecule has 0 aromatic carbocycles. The number of hydrazine groups is 1. The van der Waals surface area contributed by atoms with E-state index in [1.165, 1.54) is 0 Å². The maximum Gasteiger partial charge on any atom is 0.239 e. The number of rotatable bonds is 5. The molecule has 5 nitrogen and oxygen atoms in total. The fraction of sp³-hybridized carbons (Fsp3) is 0.333. The molecule has 0 amide bonds. The lowest BCUT2D eigenvalue weighted by Crippen LogP contribution is -2.10. The summed E-state index contributed by atoms with van der Waals surface area (Å²) < 4.78 is 5.01. The maximum absolute atomic E-state index is 5.33. The molecule has 16 heavy (non-hydrogen) atoms. The van der Waals surface area contributed by atoms with E-state index in [2.05, 4.69) is 15.4 Å². The van der Waals surface area contributed by atoms with E-state index in [4.69, 9.17) is 10.6 Å². The van der Waals surface area contributed by atoms with Gasteiger partial charge in [-0.25, -0.2) is 15.8 Å². The number of nitrogens with zero attached hydrogens (tertiary/aromatic N) is 2. The van der Waals surface area contributed by atoms with Crippen LogP contribution in [0.25, 0.3) is 10.2 Å². The molecule has 0 saturated heterocycles. The highest BCUT2D eigenvalue weighted by Gasteiger charge is 2.08. The van der Waals surface area contributed by atoms with Gasteiger partial charge in [-0.15, -0.1) is 23.1 Å². The smallest absolute Gasteiger partial charge is 0.239 e. The Balaban J connectivity index is 2.29. The van der Waals surface area contributed by atoms with Gasteiger partial charge in [-0.2, -0.15) is 0 Å². The van der Waals surface area contributed by atoms with E-state index in [9.17, 15) is 0 Å². The van der Waals surface area contributed by atoms with Crippen LogP contribution in [0.5, 0.6) is 0 Å². The highest BCUT2D eigenvalue weighted by molar-refractivity contribution is 7.99. The third kappa shape index (κ3) is 2.43. The first-order valence-electron chi connectivity index (χ1n) is 4.68. The van der Waals surface area contributed by atoms with Gasteiger partial charge in [0.15, 0.2) is 0 Å². The van der Waals surface area contributed by atoms with Crippen molar-refractivity contribution in [2.75, 3.05) is 24.9 Å². The quantitative estimate of drug-likeness (QED) is 0.279. The zero-order chi connectivity index (χ0) is 11.4. The molecule has 0 radical (unpaired) electrons. The van der Waals surface area contributed by atoms with Gasteiger partial charge in [0.2, 0.25) is 5.95 Å². The highest BCUT2D eigenvalue weighted by atomic mass is 32.2. The number of aromatic nitrogens is 2. The van der Waals surface area contributed by atoms with E-state index in [0.717, 1.165) is 21.0 Å². The monoisotopic (exact) mass is 256 g/mol. The van der Waals surface area contributed by atoms with Crippen molar-refractivity contribution in [1.82, 2.24) is 9.97 Å². The summed E-state index contributed by atoms with van der Waals surface area (Å²) in [5, 5.41) is 4.02. The van der Waals surface area contributed by atoms with Crippen molar-refractivity contribution in [1.29, 1.82) is 0 Å². The molecule has 2 aromatic rings. The molecule has 0 aliphatic heterocycles. The number of hydrogen-bond donors (Lipinski definition) is 2. The molecule has 0 atom stereocenters. The predicted molar refractivity (Wildman–Crippen MR) is 67.8 cm³/mol. The van der Waals surface area contributed by atoms with Gasteiger partial charge in [-0.05, 0) is 11.4 Å². The lowest BCUT2D eigenvalue weighted by atomic mass is 10.4. The molecule has 0 spiro atoms. The summed E-state index contributed by atoms with van der Waals surface area (Å²) in [6.07, 6.45) is 0. The molecule has 0 bridgehead atoms. The normalized spacial score (nSPS) is 10.9. The average Bonchev–Trinajstić information content (AvgIpc) is 2.77. The molecule has 2 heterocycles. The average molecular weight is 256 g/mol. The molecule has 0 unspecified atom stereocenters. The number of ether oxygens (including phenoxy) is 1. The Morgan fingerprint density at radius 3 is 3.19 bits per heavy atom. The molecule has 2 rings (SSSR count). The Kier molecular flexibility index (Phi) is 3.94. The molecule has 0 aliphatic carbocycles. The molecule has 7 heteroatoms. The first-order chi connectivity index (χ1) is 7.85. The Hall–Kier alpha value is -0.890. The second kappa shape index (κ2) is 5.44. The van der Waals surface area contributed by atoms with Crippen molar-refractivity contribution in [3.63, 3.8) is 0 Å². The van der Waals surface area contributed by atoms with Crippen LogP contribution >= 0.6 is 23.1 Å². The zero-order valence-corrected chi connectivity index (χ0v) is 10.4. The van der Waals surface area contributed by atoms with Crippen molar-refractivity contribution in [3.05, 3.63) is 11.4 Å². The van der Waals surface area contributed by atoms with Gasteiger partial charge in [0.05, 0.1) is 6.61 Å². The van der Waals surface area contributed by atoms with Gasteiger partial charge in [0.1, 0.15) is 9.86 Å². The van der Waals surface area contributed by atoms with Crippen molar-refractivity contribution < 1.29 is 4.74 Å².